The molecule has 0 saturated heterocycles. The van der Waals surface area contributed by atoms with Gasteiger partial charge < -0.3 is 0 Å². The van der Waals surface area contributed by atoms with Crippen LogP contribution >= 0.6 is 11.8 Å². The van der Waals surface area contributed by atoms with Crippen LogP contribution in [0.1, 0.15) is 12.8 Å². The topological polar surface area (TPSA) is 3.24 Å². The Morgan fingerprint density at radius 2 is 1.88 bits per heavy atom. The van der Waals surface area contributed by atoms with Crippen LogP contribution in [0.3, 0.4) is 0 Å². The van der Waals surface area contributed by atoms with Crippen LogP contribution in [-0.4, -0.2) is 18.6 Å². The van der Waals surface area contributed by atoms with E-state index in [1.54, 1.807) is 24.5 Å². The third kappa shape index (κ3) is 2.29. The fourth-order valence-electron chi connectivity index (χ4n) is 1.70. The molecule has 1 saturated carbocycles. The summed E-state index contributed by atoms with van der Waals surface area (Å²) in [5.74, 6) is 0. The van der Waals surface area contributed by atoms with Crippen molar-refractivity contribution in [2.45, 2.75) is 30.1 Å². The average Bonchev–Trinajstić information content (AvgIpc) is 3.01. The molecule has 0 atom stereocenters. The van der Waals surface area contributed by atoms with Crippen LogP contribution in [0, 0.1) is 0 Å². The first-order valence-corrected chi connectivity index (χ1v) is 6.25. The number of anilines is 1. The minimum Gasteiger partial charge on any atom is -0.280 e. The molecule has 0 heterocycles. The third-order valence-electron chi connectivity index (χ3n) is 2.53. The number of alkyl halides is 3. The van der Waals surface area contributed by atoms with E-state index < -0.39 is 6.30 Å². The molecule has 0 aliphatic heterocycles. The lowest BCUT2D eigenvalue weighted by atomic mass is 10.3. The van der Waals surface area contributed by atoms with Gasteiger partial charge in [-0.1, -0.05) is 12.1 Å². The lowest BCUT2D eigenvalue weighted by molar-refractivity contribution is -0.130. The summed E-state index contributed by atoms with van der Waals surface area (Å²) in [7, 11) is 0. The van der Waals surface area contributed by atoms with Crippen LogP contribution in [0.4, 0.5) is 18.9 Å². The molecule has 16 heavy (non-hydrogen) atoms. The van der Waals surface area contributed by atoms with Crippen molar-refractivity contribution in [2.24, 2.45) is 0 Å². The van der Waals surface area contributed by atoms with E-state index in [0.29, 0.717) is 22.6 Å². The highest BCUT2D eigenvalue weighted by Crippen LogP contribution is 2.42. The molecule has 0 N–H and O–H groups in total. The summed E-state index contributed by atoms with van der Waals surface area (Å²) in [4.78, 5) is 1.27. The van der Waals surface area contributed by atoms with Crippen LogP contribution in [0.15, 0.2) is 29.2 Å². The van der Waals surface area contributed by atoms with Crippen molar-refractivity contribution in [3.8, 4) is 0 Å². The van der Waals surface area contributed by atoms with Gasteiger partial charge in [0, 0.05) is 10.9 Å². The first kappa shape index (κ1) is 11.6. The van der Waals surface area contributed by atoms with Gasteiger partial charge in [0.15, 0.2) is 0 Å². The van der Waals surface area contributed by atoms with E-state index in [9.17, 15) is 13.2 Å². The van der Waals surface area contributed by atoms with Crippen molar-refractivity contribution in [1.82, 2.24) is 0 Å². The minimum atomic E-state index is -4.28. The van der Waals surface area contributed by atoms with Crippen LogP contribution in [0.25, 0.3) is 0 Å². The van der Waals surface area contributed by atoms with Gasteiger partial charge in [-0.15, -0.1) is 11.8 Å². The molecular formula is C11H12F3NS. The highest BCUT2D eigenvalue weighted by Gasteiger charge is 2.46. The van der Waals surface area contributed by atoms with Crippen molar-refractivity contribution in [2.75, 3.05) is 11.2 Å². The Balaban J connectivity index is 2.38. The summed E-state index contributed by atoms with van der Waals surface area (Å²) in [5.41, 5.74) is 0.282. The van der Waals surface area contributed by atoms with Crippen LogP contribution in [0.5, 0.6) is 0 Å². The second kappa shape index (κ2) is 4.20. The van der Waals surface area contributed by atoms with Crippen LogP contribution in [0.2, 0.25) is 0 Å². The maximum atomic E-state index is 12.9. The molecule has 0 spiro atoms. The van der Waals surface area contributed by atoms with Gasteiger partial charge in [0.1, 0.15) is 0 Å². The number of rotatable bonds is 3. The summed E-state index contributed by atoms with van der Waals surface area (Å²) >= 11 is 1.34. The van der Waals surface area contributed by atoms with E-state index in [2.05, 4.69) is 0 Å². The number of halogens is 3. The Bertz CT molecular complexity index is 374. The van der Waals surface area contributed by atoms with Gasteiger partial charge in [-0.3, -0.25) is 4.90 Å². The van der Waals surface area contributed by atoms with E-state index in [1.165, 1.54) is 17.8 Å². The van der Waals surface area contributed by atoms with Gasteiger partial charge in [-0.25, -0.2) is 0 Å². The SMILES string of the molecule is CSc1ccccc1N(C1CC1)C(F)(F)F. The maximum absolute atomic E-state index is 12.9. The Morgan fingerprint density at radius 3 is 2.38 bits per heavy atom. The Labute approximate surface area is 96.6 Å². The van der Waals surface area contributed by atoms with Crippen LogP contribution in [-0.2, 0) is 0 Å². The zero-order valence-electron chi connectivity index (χ0n) is 8.79. The van der Waals surface area contributed by atoms with Gasteiger partial charge in [-0.2, -0.15) is 13.2 Å². The number of thioether (sulfide) groups is 1. The Kier molecular flexibility index (Phi) is 3.06. The van der Waals surface area contributed by atoms with Gasteiger partial charge in [0.25, 0.3) is 0 Å². The lowest BCUT2D eigenvalue weighted by Gasteiger charge is -2.28. The number of benzene rings is 1. The second-order valence-corrected chi connectivity index (χ2v) is 4.59. The highest BCUT2D eigenvalue weighted by atomic mass is 32.2. The number of hydrogen-bond donors (Lipinski definition) is 0. The van der Waals surface area contributed by atoms with Crippen molar-refractivity contribution in [3.63, 3.8) is 0 Å². The number of hydrogen-bond acceptors (Lipinski definition) is 2. The summed E-state index contributed by atoms with van der Waals surface area (Å²) in [6, 6.07) is 6.31. The first-order chi connectivity index (χ1) is 7.54. The molecule has 5 heteroatoms. The Hall–Kier alpha value is -0.840. The molecule has 1 aliphatic rings. The van der Waals surface area contributed by atoms with E-state index in [1.807, 2.05) is 0 Å². The predicted octanol–water partition coefficient (Wildman–Crippen LogP) is 3.90. The fraction of sp³-hybridized carbons (Fsp3) is 0.455. The largest absolute Gasteiger partial charge is 0.485 e. The zero-order chi connectivity index (χ0) is 11.8. The van der Waals surface area contributed by atoms with Gasteiger partial charge in [0.05, 0.1) is 5.69 Å². The molecule has 0 unspecified atom stereocenters. The molecule has 0 aromatic heterocycles. The lowest BCUT2D eigenvalue weighted by Crippen LogP contribution is -2.40. The molecule has 1 fully saturated rings. The predicted molar refractivity (Wildman–Crippen MR) is 59.8 cm³/mol. The second-order valence-electron chi connectivity index (χ2n) is 3.74. The Morgan fingerprint density at radius 1 is 1.25 bits per heavy atom. The van der Waals surface area contributed by atoms with Gasteiger partial charge in [0.2, 0.25) is 0 Å². The molecule has 2 rings (SSSR count). The van der Waals surface area contributed by atoms with E-state index >= 15 is 0 Å². The molecular weight excluding hydrogens is 235 g/mol. The fourth-order valence-corrected chi connectivity index (χ4v) is 2.29. The molecule has 0 radical (unpaired) electrons. The highest BCUT2D eigenvalue weighted by molar-refractivity contribution is 7.98. The van der Waals surface area contributed by atoms with Crippen LogP contribution < -0.4 is 4.90 Å². The van der Waals surface area contributed by atoms with Crippen molar-refractivity contribution < 1.29 is 13.2 Å². The molecule has 1 aliphatic carbocycles. The number of para-hydroxylation sites is 1. The molecule has 0 amide bonds. The molecule has 1 aromatic rings. The summed E-state index contributed by atoms with van der Waals surface area (Å²) in [5, 5.41) is 0. The van der Waals surface area contributed by atoms with E-state index in [-0.39, 0.29) is 11.7 Å². The van der Waals surface area contributed by atoms with Gasteiger partial charge >= 0.3 is 6.30 Å². The quantitative estimate of drug-likeness (QED) is 0.588. The zero-order valence-corrected chi connectivity index (χ0v) is 9.61. The summed E-state index contributed by atoms with van der Waals surface area (Å²) < 4.78 is 38.8. The minimum absolute atomic E-state index is 0.282. The normalized spacial score (nSPS) is 16.2. The van der Waals surface area contributed by atoms with Crippen molar-refractivity contribution >= 4 is 17.4 Å². The van der Waals surface area contributed by atoms with Crippen molar-refractivity contribution in [3.05, 3.63) is 24.3 Å². The number of nitrogens with zero attached hydrogens (tertiary/aromatic N) is 1. The average molecular weight is 247 g/mol. The van der Waals surface area contributed by atoms with E-state index in [4.69, 9.17) is 0 Å². The first-order valence-electron chi connectivity index (χ1n) is 5.03. The standard InChI is InChI=1S/C11H12F3NS/c1-16-10-5-3-2-4-9(10)15(8-6-7-8)11(12,13)14/h2-5,8H,6-7H2,1H3. The van der Waals surface area contributed by atoms with E-state index in [0.717, 1.165) is 0 Å². The molecule has 1 aromatic carbocycles. The van der Waals surface area contributed by atoms with Crippen molar-refractivity contribution in [1.29, 1.82) is 0 Å². The smallest absolute Gasteiger partial charge is 0.280 e. The summed E-state index contributed by atoms with van der Waals surface area (Å²) in [6.45, 7) is 0. The summed E-state index contributed by atoms with van der Waals surface area (Å²) in [6.07, 6.45) is -1.24. The molecule has 88 valence electrons. The van der Waals surface area contributed by atoms with Gasteiger partial charge in [-0.05, 0) is 31.2 Å². The monoisotopic (exact) mass is 247 g/mol. The molecule has 0 bridgehead atoms. The third-order valence-corrected chi connectivity index (χ3v) is 3.31. The molecule has 1 nitrogen and oxygen atoms in total. The maximum Gasteiger partial charge on any atom is 0.485 e.